The number of halogens is 4. The van der Waals surface area contributed by atoms with Gasteiger partial charge in [-0.25, -0.2) is 0 Å². The van der Waals surface area contributed by atoms with Gasteiger partial charge in [0.25, 0.3) is 6.69 Å². The normalized spacial score (nSPS) is 12.6. The minimum Gasteiger partial charge on any atom is -0.497 e. The molecule has 1 rings (SSSR count). The molecule has 0 aromatic heterocycles. The van der Waals surface area contributed by atoms with Crippen LogP contribution in [-0.2, 0) is 0 Å². The van der Waals surface area contributed by atoms with Crippen molar-refractivity contribution in [3.63, 3.8) is 0 Å². The molecule has 0 atom stereocenters. The fourth-order valence-corrected chi connectivity index (χ4v) is 9.47. The molecule has 17 heavy (non-hydrogen) atoms. The summed E-state index contributed by atoms with van der Waals surface area (Å²) in [5.74, 6) is 0.762. The smallest absolute Gasteiger partial charge is 0.280 e. The van der Waals surface area contributed by atoms with Crippen LogP contribution in [0.25, 0.3) is 0 Å². The Morgan fingerprint density at radius 2 is 1.76 bits per heavy atom. The first kappa shape index (κ1) is 15.7. The molecule has 0 saturated heterocycles. The third-order valence-corrected chi connectivity index (χ3v) is 9.61. The highest BCUT2D eigenvalue weighted by Crippen LogP contribution is 2.30. The number of hydrogen-bond donors (Lipinski definition) is 0. The van der Waals surface area contributed by atoms with Crippen molar-refractivity contribution in [2.45, 2.75) is 18.6 Å². The van der Waals surface area contributed by atoms with Gasteiger partial charge in [-0.3, -0.25) is 0 Å². The fraction of sp³-hybridized carbons (Fsp3) is 0.400. The monoisotopic (exact) mass is 346 g/mol. The number of rotatable bonds is 5. The van der Waals surface area contributed by atoms with Crippen molar-refractivity contribution in [3.05, 3.63) is 24.3 Å². The summed E-state index contributed by atoms with van der Waals surface area (Å²) in [6.07, 6.45) is 0. The van der Waals surface area contributed by atoms with Crippen LogP contribution < -0.4 is 9.92 Å². The molecule has 7 heteroatoms. The van der Waals surface area contributed by atoms with Crippen molar-refractivity contribution < 1.29 is 4.74 Å². The van der Waals surface area contributed by atoms with E-state index in [2.05, 4.69) is 0 Å². The topological polar surface area (TPSA) is 9.23 Å². The molecule has 0 aliphatic carbocycles. The number of hydrogen-bond acceptors (Lipinski definition) is 1. The molecule has 0 N–H and O–H groups in total. The molecule has 1 aromatic rings. The molecule has 96 valence electrons. The van der Waals surface area contributed by atoms with E-state index in [1.807, 2.05) is 30.8 Å². The molecule has 0 fully saturated rings. The fourth-order valence-electron chi connectivity index (χ4n) is 1.37. The van der Waals surface area contributed by atoms with E-state index in [1.54, 1.807) is 7.11 Å². The van der Waals surface area contributed by atoms with E-state index in [4.69, 9.17) is 49.1 Å². The summed E-state index contributed by atoms with van der Waals surface area (Å²) < 4.78 is 5.16. The van der Waals surface area contributed by atoms with Crippen LogP contribution in [-0.4, -0.2) is 20.5 Å². The molecule has 0 amide bonds. The molecule has 0 spiro atoms. The van der Waals surface area contributed by atoms with E-state index >= 15 is 0 Å². The van der Waals surface area contributed by atoms with Gasteiger partial charge in [0.15, 0.2) is 0 Å². The highest BCUT2D eigenvalue weighted by Gasteiger charge is 2.35. The van der Waals surface area contributed by atoms with Gasteiger partial charge in [-0.1, -0.05) is 12.1 Å². The van der Waals surface area contributed by atoms with Crippen LogP contribution in [0.4, 0.5) is 0 Å². The average molecular weight is 348 g/mol. The molecule has 0 radical (unpaired) electrons. The summed E-state index contributed by atoms with van der Waals surface area (Å²) in [5, 5.41) is 0.937. The molecule has 0 aliphatic rings. The average Bonchev–Trinajstić information content (AvgIpc) is 2.26. The van der Waals surface area contributed by atoms with E-state index in [9.17, 15) is 0 Å². The first-order chi connectivity index (χ1) is 7.74. The van der Waals surface area contributed by atoms with E-state index < -0.39 is 13.4 Å². The van der Waals surface area contributed by atoms with Crippen molar-refractivity contribution in [1.82, 2.24) is 0 Å². The second-order valence-electron chi connectivity index (χ2n) is 4.01. The largest absolute Gasteiger partial charge is 0.497 e. The number of benzene rings is 1. The number of ether oxygens (including phenoxy) is 1. The zero-order chi connectivity index (χ0) is 13.1. The second-order valence-corrected chi connectivity index (χ2v) is 19.2. The summed E-state index contributed by atoms with van der Waals surface area (Å²) in [6.45, 7) is -2.77. The maximum atomic E-state index is 6.45. The van der Waals surface area contributed by atoms with Crippen LogP contribution in [0.2, 0.25) is 18.6 Å². The highest BCUT2D eigenvalue weighted by atomic mass is 35.7. The van der Waals surface area contributed by atoms with Crippen LogP contribution in [0.15, 0.2) is 24.3 Å². The molecule has 0 bridgehead atoms. The summed E-state index contributed by atoms with van der Waals surface area (Å²) in [4.78, 5) is 0. The van der Waals surface area contributed by atoms with Crippen molar-refractivity contribution in [2.24, 2.45) is 0 Å². The Bertz CT molecular complexity index is 379. The first-order valence-electron chi connectivity index (χ1n) is 5.15. The summed E-state index contributed by atoms with van der Waals surface area (Å²) in [6, 6.07) is 8.93. The minimum atomic E-state index is -2.51. The van der Waals surface area contributed by atoms with Crippen molar-refractivity contribution in [3.8, 4) is 5.75 Å². The lowest BCUT2D eigenvalue weighted by molar-refractivity contribution is 0.415. The Hall–Kier alpha value is 0.614. The van der Waals surface area contributed by atoms with E-state index in [0.717, 1.165) is 10.9 Å². The van der Waals surface area contributed by atoms with E-state index in [0.29, 0.717) is 12.1 Å². The molecule has 0 unspecified atom stereocenters. The standard InChI is InChI=1S/C10H14Cl4OSi2/c1-15-9-4-3-5-10(8-9)17(13,14)7-6-16(2,11)12/h3-5,8H,6-7H2,1-2H3. The molecule has 1 aromatic carbocycles. The predicted octanol–water partition coefficient (Wildman–Crippen LogP) is 4.37. The third-order valence-electron chi connectivity index (χ3n) is 2.37. The van der Waals surface area contributed by atoms with Gasteiger partial charge >= 0.3 is 0 Å². The molecule has 0 aliphatic heterocycles. The van der Waals surface area contributed by atoms with Gasteiger partial charge in [0, 0.05) is 0 Å². The SMILES string of the molecule is COc1cccc([Si](Cl)(Cl)CC[Si](C)(Cl)Cl)c1. The van der Waals surface area contributed by atoms with Gasteiger partial charge in [0.05, 0.1) is 7.11 Å². The second kappa shape index (κ2) is 6.17. The van der Waals surface area contributed by atoms with E-state index in [1.165, 1.54) is 0 Å². The summed E-state index contributed by atoms with van der Waals surface area (Å²) in [7, 11) is 1.62. The van der Waals surface area contributed by atoms with Gasteiger partial charge in [-0.05, 0) is 36.0 Å². The Morgan fingerprint density at radius 1 is 1.12 bits per heavy atom. The van der Waals surface area contributed by atoms with Gasteiger partial charge in [-0.15, -0.1) is 44.3 Å². The van der Waals surface area contributed by atoms with Crippen molar-refractivity contribution in [2.75, 3.05) is 7.11 Å². The van der Waals surface area contributed by atoms with Gasteiger partial charge in [0.1, 0.15) is 5.75 Å². The quantitative estimate of drug-likeness (QED) is 0.567. The molecule has 1 nitrogen and oxygen atoms in total. The zero-order valence-corrected chi connectivity index (χ0v) is 14.7. The lowest BCUT2D eigenvalue weighted by atomic mass is 10.3. The lowest BCUT2D eigenvalue weighted by Crippen LogP contribution is -2.37. The van der Waals surface area contributed by atoms with E-state index in [-0.39, 0.29) is 0 Å². The Kier molecular flexibility index (Phi) is 5.69. The highest BCUT2D eigenvalue weighted by molar-refractivity contribution is 7.52. The lowest BCUT2D eigenvalue weighted by Gasteiger charge is -2.20. The molecular formula is C10H14Cl4OSi2. The van der Waals surface area contributed by atoms with Crippen molar-refractivity contribution in [1.29, 1.82) is 0 Å². The van der Waals surface area contributed by atoms with Gasteiger partial charge in [-0.2, -0.15) is 0 Å². The van der Waals surface area contributed by atoms with Crippen LogP contribution >= 0.6 is 44.3 Å². The van der Waals surface area contributed by atoms with Crippen LogP contribution in [0.5, 0.6) is 5.75 Å². The predicted molar refractivity (Wildman–Crippen MR) is 83.0 cm³/mol. The molecular weight excluding hydrogens is 334 g/mol. The zero-order valence-electron chi connectivity index (χ0n) is 9.64. The molecule has 0 saturated carbocycles. The maximum absolute atomic E-state index is 6.45. The van der Waals surface area contributed by atoms with Crippen molar-refractivity contribution >= 4 is 62.9 Å². The first-order valence-corrected chi connectivity index (χ1v) is 14.1. The Morgan fingerprint density at radius 3 is 2.29 bits per heavy atom. The Balaban J connectivity index is 2.81. The number of methoxy groups -OCH3 is 1. The van der Waals surface area contributed by atoms with Crippen LogP contribution in [0, 0.1) is 0 Å². The van der Waals surface area contributed by atoms with Crippen LogP contribution in [0.1, 0.15) is 0 Å². The summed E-state index contributed by atoms with van der Waals surface area (Å²) >= 11 is 25.0. The maximum Gasteiger partial charge on any atom is 0.280 e. The minimum absolute atomic E-state index is 0.666. The van der Waals surface area contributed by atoms with Gasteiger partial charge in [0.2, 0.25) is 6.69 Å². The molecule has 0 heterocycles. The third kappa shape index (κ3) is 5.41. The Labute approximate surface area is 123 Å². The van der Waals surface area contributed by atoms with Gasteiger partial charge < -0.3 is 4.74 Å². The van der Waals surface area contributed by atoms with Crippen LogP contribution in [0.3, 0.4) is 0 Å². The summed E-state index contributed by atoms with van der Waals surface area (Å²) in [5.41, 5.74) is 0.